The lowest BCUT2D eigenvalue weighted by molar-refractivity contribution is -0.132. The molecule has 2 aliphatic rings. The zero-order chi connectivity index (χ0) is 29.5. The van der Waals surface area contributed by atoms with E-state index in [2.05, 4.69) is 41.1 Å². The number of hydrogen-bond donors (Lipinski definition) is 0. The van der Waals surface area contributed by atoms with Crippen LogP contribution in [0.25, 0.3) is 6.08 Å². The molecule has 0 saturated carbocycles. The molecule has 5 rings (SSSR count). The fourth-order valence-corrected chi connectivity index (χ4v) is 6.02. The van der Waals surface area contributed by atoms with Crippen LogP contribution in [0.2, 0.25) is 0 Å². The first-order valence-corrected chi connectivity index (χ1v) is 14.9. The summed E-state index contributed by atoms with van der Waals surface area (Å²) in [6.45, 7) is 4.85. The fraction of sp³-hybridized carbons (Fsp3) is 0.400. The summed E-state index contributed by atoms with van der Waals surface area (Å²) in [5, 5.41) is 0. The minimum absolute atomic E-state index is 0.0411. The normalized spacial score (nSPS) is 18.6. The number of carbonyl (C=O) groups is 1. The Hall–Kier alpha value is -3.55. The molecule has 0 bridgehead atoms. The van der Waals surface area contributed by atoms with Crippen molar-refractivity contribution in [3.63, 3.8) is 0 Å². The van der Waals surface area contributed by atoms with Gasteiger partial charge in [0.25, 0.3) is 0 Å². The van der Waals surface area contributed by atoms with Crippen LogP contribution < -0.4 is 4.74 Å². The number of amides is 1. The van der Waals surface area contributed by atoms with Gasteiger partial charge in [-0.05, 0) is 98.4 Å². The molecule has 3 aromatic rings. The summed E-state index contributed by atoms with van der Waals surface area (Å²) in [5.41, 5.74) is 2.75. The maximum atomic E-state index is 13.6. The average molecular weight is 574 g/mol. The third-order valence-electron chi connectivity index (χ3n) is 8.53. The molecule has 2 saturated heterocycles. The SMILES string of the molecule is CN1CC[C@H](Oc2ccc(/C=C/CN3CCC(CC(=O)N(C)C(c4ccc(F)cc4)c4ccc(F)cc4)CC3)cc2)C1. The van der Waals surface area contributed by atoms with E-state index in [1.165, 1.54) is 24.3 Å². The highest BCUT2D eigenvalue weighted by molar-refractivity contribution is 5.77. The first-order valence-electron chi connectivity index (χ1n) is 14.9. The summed E-state index contributed by atoms with van der Waals surface area (Å²) >= 11 is 0. The summed E-state index contributed by atoms with van der Waals surface area (Å²) in [6.07, 6.45) is 8.11. The topological polar surface area (TPSA) is 36.0 Å². The van der Waals surface area contributed by atoms with Gasteiger partial charge in [-0.25, -0.2) is 8.78 Å². The molecule has 222 valence electrons. The summed E-state index contributed by atoms with van der Waals surface area (Å²) in [5.74, 6) is 0.621. The van der Waals surface area contributed by atoms with Crippen LogP contribution in [0.4, 0.5) is 8.78 Å². The summed E-state index contributed by atoms with van der Waals surface area (Å²) in [4.78, 5) is 19.9. The van der Waals surface area contributed by atoms with Crippen LogP contribution in [0.1, 0.15) is 48.4 Å². The molecule has 0 N–H and O–H groups in total. The third kappa shape index (κ3) is 8.05. The van der Waals surface area contributed by atoms with Crippen molar-refractivity contribution in [3.05, 3.63) is 107 Å². The number of halogens is 2. The van der Waals surface area contributed by atoms with Crippen molar-refractivity contribution in [2.24, 2.45) is 5.92 Å². The molecule has 2 aliphatic heterocycles. The second-order valence-corrected chi connectivity index (χ2v) is 11.7. The van der Waals surface area contributed by atoms with Gasteiger partial charge < -0.3 is 14.5 Å². The van der Waals surface area contributed by atoms with Gasteiger partial charge in [0.05, 0.1) is 6.04 Å². The second-order valence-electron chi connectivity index (χ2n) is 11.7. The Bertz CT molecular complexity index is 1270. The molecule has 3 aromatic carbocycles. The number of likely N-dealkylation sites (tertiary alicyclic amines) is 2. The Morgan fingerprint density at radius 2 is 1.50 bits per heavy atom. The molecule has 0 aliphatic carbocycles. The van der Waals surface area contributed by atoms with Crippen LogP contribution in [-0.4, -0.2) is 73.5 Å². The molecule has 2 heterocycles. The van der Waals surface area contributed by atoms with E-state index in [1.807, 2.05) is 12.1 Å². The molecular formula is C35H41F2N3O2. The van der Waals surface area contributed by atoms with E-state index in [1.54, 1.807) is 36.2 Å². The Kier molecular flexibility index (Phi) is 10.0. The molecule has 1 amide bonds. The molecular weight excluding hydrogens is 532 g/mol. The van der Waals surface area contributed by atoms with Gasteiger partial charge in [-0.15, -0.1) is 0 Å². The smallest absolute Gasteiger partial charge is 0.223 e. The Labute approximate surface area is 248 Å². The van der Waals surface area contributed by atoms with Gasteiger partial charge in [0, 0.05) is 33.1 Å². The van der Waals surface area contributed by atoms with Crippen molar-refractivity contribution in [2.75, 3.05) is 46.8 Å². The third-order valence-corrected chi connectivity index (χ3v) is 8.53. The van der Waals surface area contributed by atoms with E-state index in [9.17, 15) is 13.6 Å². The van der Waals surface area contributed by atoms with E-state index in [4.69, 9.17) is 4.74 Å². The van der Waals surface area contributed by atoms with Crippen LogP contribution in [0.5, 0.6) is 5.75 Å². The molecule has 7 heteroatoms. The van der Waals surface area contributed by atoms with Crippen molar-refractivity contribution in [1.29, 1.82) is 0 Å². The summed E-state index contributed by atoms with van der Waals surface area (Å²) in [7, 11) is 3.91. The van der Waals surface area contributed by atoms with Gasteiger partial charge in [-0.1, -0.05) is 48.6 Å². The molecule has 42 heavy (non-hydrogen) atoms. The number of ether oxygens (including phenoxy) is 1. The highest BCUT2D eigenvalue weighted by Crippen LogP contribution is 2.30. The lowest BCUT2D eigenvalue weighted by atomic mass is 9.91. The quantitative estimate of drug-likeness (QED) is 0.281. The van der Waals surface area contributed by atoms with Crippen LogP contribution in [-0.2, 0) is 4.79 Å². The summed E-state index contributed by atoms with van der Waals surface area (Å²) < 4.78 is 33.3. The standard InChI is InChI=1S/C35H41F2N3O2/c1-38-21-19-33(25-38)42-32-15-5-26(6-16-32)4-3-20-40-22-17-27(18-23-40)24-34(41)39(2)35(28-7-11-30(36)12-8-28)29-9-13-31(37)14-10-29/h3-16,27,33,35H,17-25H2,1-2H3/b4-3+/t33-/m0/s1. The van der Waals surface area contributed by atoms with Crippen molar-refractivity contribution >= 4 is 12.0 Å². The predicted octanol–water partition coefficient (Wildman–Crippen LogP) is 6.41. The van der Waals surface area contributed by atoms with Crippen LogP contribution in [0.3, 0.4) is 0 Å². The Morgan fingerprint density at radius 3 is 2.05 bits per heavy atom. The van der Waals surface area contributed by atoms with Crippen molar-refractivity contribution in [2.45, 2.75) is 37.8 Å². The van der Waals surface area contributed by atoms with Gasteiger partial charge in [0.2, 0.25) is 5.91 Å². The van der Waals surface area contributed by atoms with E-state index in [0.717, 1.165) is 74.4 Å². The van der Waals surface area contributed by atoms with E-state index < -0.39 is 6.04 Å². The van der Waals surface area contributed by atoms with Crippen LogP contribution in [0.15, 0.2) is 78.9 Å². The number of likely N-dealkylation sites (N-methyl/N-ethyl adjacent to an activating group) is 1. The lowest BCUT2D eigenvalue weighted by Gasteiger charge is -2.34. The molecule has 0 aromatic heterocycles. The Balaban J connectivity index is 1.09. The Morgan fingerprint density at radius 1 is 0.905 bits per heavy atom. The van der Waals surface area contributed by atoms with Gasteiger partial charge in [-0.2, -0.15) is 0 Å². The maximum Gasteiger partial charge on any atom is 0.223 e. The van der Waals surface area contributed by atoms with E-state index in [0.29, 0.717) is 12.3 Å². The van der Waals surface area contributed by atoms with Crippen molar-refractivity contribution < 1.29 is 18.3 Å². The highest BCUT2D eigenvalue weighted by atomic mass is 19.1. The van der Waals surface area contributed by atoms with Crippen LogP contribution >= 0.6 is 0 Å². The largest absolute Gasteiger partial charge is 0.489 e. The van der Waals surface area contributed by atoms with E-state index in [-0.39, 0.29) is 23.6 Å². The zero-order valence-corrected chi connectivity index (χ0v) is 24.6. The maximum absolute atomic E-state index is 13.6. The number of benzene rings is 3. The lowest BCUT2D eigenvalue weighted by Crippen LogP contribution is -2.37. The molecule has 0 radical (unpaired) electrons. The first-order chi connectivity index (χ1) is 20.3. The first kappa shape index (κ1) is 29.9. The second kappa shape index (κ2) is 14.1. The zero-order valence-electron chi connectivity index (χ0n) is 24.6. The number of rotatable bonds is 10. The number of nitrogens with zero attached hydrogens (tertiary/aromatic N) is 3. The molecule has 2 fully saturated rings. The fourth-order valence-electron chi connectivity index (χ4n) is 6.02. The minimum atomic E-state index is -0.408. The highest BCUT2D eigenvalue weighted by Gasteiger charge is 2.27. The molecule has 5 nitrogen and oxygen atoms in total. The van der Waals surface area contributed by atoms with Gasteiger partial charge >= 0.3 is 0 Å². The van der Waals surface area contributed by atoms with Crippen molar-refractivity contribution in [1.82, 2.24) is 14.7 Å². The molecule has 0 spiro atoms. The number of carbonyl (C=O) groups excluding carboxylic acids is 1. The van der Waals surface area contributed by atoms with Crippen molar-refractivity contribution in [3.8, 4) is 5.75 Å². The minimum Gasteiger partial charge on any atom is -0.489 e. The average Bonchev–Trinajstić information content (AvgIpc) is 3.41. The van der Waals surface area contributed by atoms with Crippen LogP contribution in [0, 0.1) is 17.6 Å². The monoisotopic (exact) mass is 573 g/mol. The molecule has 0 unspecified atom stereocenters. The predicted molar refractivity (Wildman–Crippen MR) is 163 cm³/mol. The van der Waals surface area contributed by atoms with Gasteiger partial charge in [0.1, 0.15) is 23.5 Å². The van der Waals surface area contributed by atoms with Gasteiger partial charge in [-0.3, -0.25) is 9.69 Å². The van der Waals surface area contributed by atoms with E-state index >= 15 is 0 Å². The summed E-state index contributed by atoms with van der Waals surface area (Å²) in [6, 6.07) is 20.2. The number of hydrogen-bond acceptors (Lipinski definition) is 4. The molecule has 1 atom stereocenters. The number of piperidine rings is 1. The van der Waals surface area contributed by atoms with Gasteiger partial charge in [0.15, 0.2) is 0 Å².